The first-order valence-corrected chi connectivity index (χ1v) is 5.58. The van der Waals surface area contributed by atoms with E-state index in [9.17, 15) is 8.78 Å². The smallest absolute Gasteiger partial charge is 0.154 e. The van der Waals surface area contributed by atoms with Crippen LogP contribution < -0.4 is 0 Å². The van der Waals surface area contributed by atoms with Crippen LogP contribution in [0.3, 0.4) is 0 Å². The molecule has 2 nitrogen and oxygen atoms in total. The Morgan fingerprint density at radius 3 is 2.75 bits per heavy atom. The first-order valence-electron chi connectivity index (χ1n) is 4.46. The van der Waals surface area contributed by atoms with E-state index in [1.54, 1.807) is 6.07 Å². The topological polar surface area (TPSA) is 26.0 Å². The van der Waals surface area contributed by atoms with Gasteiger partial charge in [-0.1, -0.05) is 33.7 Å². The SMILES string of the molecule is C=C/C(=C\C(F)=C(/C)F)c1cc(CBr)on1. The first kappa shape index (κ1) is 12.8. The average Bonchev–Trinajstić information content (AvgIpc) is 2.73. The van der Waals surface area contributed by atoms with Crippen LogP contribution in [0.2, 0.25) is 0 Å². The van der Waals surface area contributed by atoms with Crippen LogP contribution in [-0.2, 0) is 5.33 Å². The van der Waals surface area contributed by atoms with Crippen LogP contribution in [0.4, 0.5) is 8.78 Å². The van der Waals surface area contributed by atoms with Crippen molar-refractivity contribution in [2.24, 2.45) is 0 Å². The molecule has 0 saturated carbocycles. The zero-order valence-electron chi connectivity index (χ0n) is 8.64. The molecular weight excluding hydrogens is 280 g/mol. The van der Waals surface area contributed by atoms with Gasteiger partial charge in [-0.25, -0.2) is 8.78 Å². The molecule has 1 rings (SSSR count). The van der Waals surface area contributed by atoms with Crippen molar-refractivity contribution in [2.75, 3.05) is 0 Å². The molecule has 0 N–H and O–H groups in total. The van der Waals surface area contributed by atoms with E-state index in [-0.39, 0.29) is 0 Å². The Labute approximate surface area is 100 Å². The number of nitrogens with zero attached hydrogens (tertiary/aromatic N) is 1. The number of hydrogen-bond donors (Lipinski definition) is 0. The van der Waals surface area contributed by atoms with Crippen LogP contribution in [0.1, 0.15) is 18.4 Å². The fourth-order valence-corrected chi connectivity index (χ4v) is 1.25. The van der Waals surface area contributed by atoms with Gasteiger partial charge in [0.05, 0.1) is 5.33 Å². The molecule has 0 amide bonds. The van der Waals surface area contributed by atoms with Gasteiger partial charge < -0.3 is 4.52 Å². The molecule has 0 aliphatic heterocycles. The number of allylic oxidation sites excluding steroid dienone is 5. The standard InChI is InChI=1S/C11H10BrF2NO/c1-3-8(4-10(14)7(2)13)11-5-9(6-12)16-15-11/h3-5H,1,6H2,2H3/b8-4+,10-7-. The lowest BCUT2D eigenvalue weighted by molar-refractivity contribution is 0.394. The maximum absolute atomic E-state index is 13.0. The zero-order valence-corrected chi connectivity index (χ0v) is 10.2. The summed E-state index contributed by atoms with van der Waals surface area (Å²) in [7, 11) is 0. The van der Waals surface area contributed by atoms with Crippen LogP contribution in [0.15, 0.2) is 41.0 Å². The van der Waals surface area contributed by atoms with E-state index in [0.717, 1.165) is 13.0 Å². The Morgan fingerprint density at radius 2 is 2.31 bits per heavy atom. The molecule has 0 atom stereocenters. The molecule has 0 aliphatic rings. The minimum Gasteiger partial charge on any atom is -0.360 e. The average molecular weight is 290 g/mol. The lowest BCUT2D eigenvalue weighted by atomic mass is 10.1. The van der Waals surface area contributed by atoms with Crippen molar-refractivity contribution in [3.63, 3.8) is 0 Å². The summed E-state index contributed by atoms with van der Waals surface area (Å²) in [4.78, 5) is 0. The van der Waals surface area contributed by atoms with Gasteiger partial charge in [-0.2, -0.15) is 0 Å². The third-order valence-electron chi connectivity index (χ3n) is 1.82. The maximum atomic E-state index is 13.0. The Kier molecular flexibility index (Phi) is 4.61. The summed E-state index contributed by atoms with van der Waals surface area (Å²) in [5.41, 5.74) is 0.784. The van der Waals surface area contributed by atoms with Crippen LogP contribution in [0.5, 0.6) is 0 Å². The van der Waals surface area contributed by atoms with Gasteiger partial charge in [-0.05, 0) is 13.0 Å². The second kappa shape index (κ2) is 5.75. The zero-order chi connectivity index (χ0) is 12.1. The monoisotopic (exact) mass is 289 g/mol. The van der Waals surface area contributed by atoms with Crippen LogP contribution in [0, 0.1) is 0 Å². The van der Waals surface area contributed by atoms with Gasteiger partial charge >= 0.3 is 0 Å². The summed E-state index contributed by atoms with van der Waals surface area (Å²) < 4.78 is 30.5. The molecular formula is C11H10BrF2NO. The molecule has 5 heteroatoms. The van der Waals surface area contributed by atoms with E-state index in [1.807, 2.05) is 0 Å². The minimum atomic E-state index is -0.946. The van der Waals surface area contributed by atoms with Gasteiger partial charge in [-0.3, -0.25) is 0 Å². The highest BCUT2D eigenvalue weighted by molar-refractivity contribution is 9.08. The molecule has 0 saturated heterocycles. The second-order valence-corrected chi connectivity index (χ2v) is 3.56. The molecule has 86 valence electrons. The highest BCUT2D eigenvalue weighted by Crippen LogP contribution is 2.21. The van der Waals surface area contributed by atoms with Crippen molar-refractivity contribution in [2.45, 2.75) is 12.3 Å². The van der Waals surface area contributed by atoms with E-state index >= 15 is 0 Å². The van der Waals surface area contributed by atoms with E-state index in [0.29, 0.717) is 22.4 Å². The Bertz CT molecular complexity index is 445. The van der Waals surface area contributed by atoms with Crippen molar-refractivity contribution in [3.8, 4) is 0 Å². The van der Waals surface area contributed by atoms with Gasteiger partial charge in [0.15, 0.2) is 5.83 Å². The normalized spacial score (nSPS) is 13.6. The predicted octanol–water partition coefficient (Wildman–Crippen LogP) is 4.31. The van der Waals surface area contributed by atoms with Crippen molar-refractivity contribution in [1.29, 1.82) is 0 Å². The summed E-state index contributed by atoms with van der Waals surface area (Å²) in [6, 6.07) is 1.63. The van der Waals surface area contributed by atoms with Crippen molar-refractivity contribution in [1.82, 2.24) is 5.16 Å². The highest BCUT2D eigenvalue weighted by atomic mass is 79.9. The molecule has 0 aliphatic carbocycles. The van der Waals surface area contributed by atoms with Crippen molar-refractivity contribution >= 4 is 21.5 Å². The van der Waals surface area contributed by atoms with E-state index < -0.39 is 11.7 Å². The largest absolute Gasteiger partial charge is 0.360 e. The highest BCUT2D eigenvalue weighted by Gasteiger charge is 2.07. The molecule has 0 unspecified atom stereocenters. The Morgan fingerprint density at radius 1 is 1.62 bits per heavy atom. The molecule has 1 heterocycles. The fourth-order valence-electron chi connectivity index (χ4n) is 0.985. The maximum Gasteiger partial charge on any atom is 0.154 e. The number of halogens is 3. The molecule has 16 heavy (non-hydrogen) atoms. The summed E-state index contributed by atoms with van der Waals surface area (Å²) in [6.45, 7) is 4.55. The second-order valence-electron chi connectivity index (χ2n) is 3.00. The van der Waals surface area contributed by atoms with Gasteiger partial charge in [0.1, 0.15) is 17.3 Å². The summed E-state index contributed by atoms with van der Waals surface area (Å²) in [6.07, 6.45) is 2.41. The molecule has 0 fully saturated rings. The lowest BCUT2D eigenvalue weighted by Crippen LogP contribution is -1.81. The van der Waals surface area contributed by atoms with Crippen molar-refractivity contribution < 1.29 is 13.3 Å². The third kappa shape index (κ3) is 3.13. The van der Waals surface area contributed by atoms with E-state index in [2.05, 4.69) is 27.7 Å². The van der Waals surface area contributed by atoms with Gasteiger partial charge in [0.25, 0.3) is 0 Å². The number of rotatable bonds is 4. The molecule has 0 radical (unpaired) electrons. The molecule has 0 aromatic carbocycles. The molecule has 1 aromatic heterocycles. The Balaban J connectivity index is 3.08. The van der Waals surface area contributed by atoms with Gasteiger partial charge in [-0.15, -0.1) is 0 Å². The van der Waals surface area contributed by atoms with Crippen LogP contribution in [0.25, 0.3) is 5.57 Å². The van der Waals surface area contributed by atoms with Crippen molar-refractivity contribution in [3.05, 3.63) is 47.9 Å². The van der Waals surface area contributed by atoms with Gasteiger partial charge in [0, 0.05) is 11.6 Å². The Hall–Kier alpha value is -1.23. The fraction of sp³-hybridized carbons (Fsp3) is 0.182. The molecule has 0 bridgehead atoms. The number of hydrogen-bond acceptors (Lipinski definition) is 2. The lowest BCUT2D eigenvalue weighted by Gasteiger charge is -1.94. The summed E-state index contributed by atoms with van der Waals surface area (Å²) >= 11 is 3.19. The number of alkyl halides is 1. The quantitative estimate of drug-likeness (QED) is 0.610. The molecule has 1 aromatic rings. The first-order chi connectivity index (χ1) is 7.58. The molecule has 0 spiro atoms. The van der Waals surface area contributed by atoms with Gasteiger partial charge in [0.2, 0.25) is 0 Å². The predicted molar refractivity (Wildman–Crippen MR) is 62.2 cm³/mol. The summed E-state index contributed by atoms with van der Waals surface area (Å²) in [5, 5.41) is 4.22. The van der Waals surface area contributed by atoms with Crippen LogP contribution >= 0.6 is 15.9 Å². The minimum absolute atomic E-state index is 0.366. The van der Waals surface area contributed by atoms with Crippen LogP contribution in [-0.4, -0.2) is 5.16 Å². The van der Waals surface area contributed by atoms with E-state index in [1.165, 1.54) is 6.08 Å². The summed E-state index contributed by atoms with van der Waals surface area (Å²) in [5.74, 6) is -1.23. The third-order valence-corrected chi connectivity index (χ3v) is 2.37. The number of aromatic nitrogens is 1. The van der Waals surface area contributed by atoms with E-state index in [4.69, 9.17) is 4.52 Å².